The van der Waals surface area contributed by atoms with Gasteiger partial charge in [0.25, 0.3) is 10.2 Å². The van der Waals surface area contributed by atoms with E-state index in [9.17, 15) is 8.42 Å². The third-order valence-corrected chi connectivity index (χ3v) is 7.04. The minimum Gasteiger partial charge on any atom is -0.377 e. The average molecular weight is 331 g/mol. The van der Waals surface area contributed by atoms with Crippen molar-refractivity contribution in [3.8, 4) is 0 Å². The van der Waals surface area contributed by atoms with Crippen LogP contribution in [0.5, 0.6) is 0 Å². The zero-order valence-electron chi connectivity index (χ0n) is 13.5. The van der Waals surface area contributed by atoms with Crippen LogP contribution in [0.25, 0.3) is 0 Å². The minimum absolute atomic E-state index is 0.352. The second kappa shape index (κ2) is 7.57. The predicted molar refractivity (Wildman–Crippen MR) is 85.9 cm³/mol. The first-order chi connectivity index (χ1) is 10.7. The molecule has 0 aromatic heterocycles. The molecule has 0 spiro atoms. The molecular formula is C15H29N3O3S. The van der Waals surface area contributed by atoms with Gasteiger partial charge in [-0.05, 0) is 38.6 Å². The molecule has 1 unspecified atom stereocenters. The van der Waals surface area contributed by atoms with E-state index < -0.39 is 10.2 Å². The Labute approximate surface area is 134 Å². The average Bonchev–Trinajstić information content (AvgIpc) is 2.92. The fourth-order valence-electron chi connectivity index (χ4n) is 3.70. The summed E-state index contributed by atoms with van der Waals surface area (Å²) in [6, 6.07) is 0. The smallest absolute Gasteiger partial charge is 0.282 e. The summed E-state index contributed by atoms with van der Waals surface area (Å²) < 4.78 is 34.6. The molecule has 22 heavy (non-hydrogen) atoms. The summed E-state index contributed by atoms with van der Waals surface area (Å²) in [6.07, 6.45) is 6.72. The SMILES string of the molecule is O=S(=O)(N1CCCCC1)N1CCCN(CC2CCCO2)CC1. The molecule has 0 aromatic carbocycles. The molecule has 3 aliphatic heterocycles. The van der Waals surface area contributed by atoms with Crippen LogP contribution in [0.1, 0.15) is 38.5 Å². The number of rotatable bonds is 4. The Bertz CT molecular complexity index is 445. The standard InChI is InChI=1S/C15H29N3O3S/c19-22(20,17-8-2-1-3-9-17)18-10-5-7-16(11-12-18)14-15-6-4-13-21-15/h15H,1-14H2. The molecular weight excluding hydrogens is 302 g/mol. The molecule has 0 aliphatic carbocycles. The van der Waals surface area contributed by atoms with Crippen molar-refractivity contribution in [3.63, 3.8) is 0 Å². The third kappa shape index (κ3) is 4.00. The highest BCUT2D eigenvalue weighted by molar-refractivity contribution is 7.86. The van der Waals surface area contributed by atoms with E-state index in [4.69, 9.17) is 4.74 Å². The van der Waals surface area contributed by atoms with Crippen LogP contribution in [0, 0.1) is 0 Å². The maximum Gasteiger partial charge on any atom is 0.282 e. The van der Waals surface area contributed by atoms with Crippen LogP contribution in [0.2, 0.25) is 0 Å². The van der Waals surface area contributed by atoms with Crippen molar-refractivity contribution < 1.29 is 13.2 Å². The van der Waals surface area contributed by atoms with Crippen molar-refractivity contribution in [2.45, 2.75) is 44.6 Å². The topological polar surface area (TPSA) is 53.1 Å². The summed E-state index contributed by atoms with van der Waals surface area (Å²) >= 11 is 0. The van der Waals surface area contributed by atoms with Crippen molar-refractivity contribution in [1.82, 2.24) is 13.5 Å². The van der Waals surface area contributed by atoms with Gasteiger partial charge in [-0.3, -0.25) is 4.90 Å². The highest BCUT2D eigenvalue weighted by atomic mass is 32.2. The second-order valence-electron chi connectivity index (χ2n) is 6.66. The lowest BCUT2D eigenvalue weighted by Gasteiger charge is -2.31. The van der Waals surface area contributed by atoms with Gasteiger partial charge in [0.15, 0.2) is 0 Å². The Morgan fingerprint density at radius 3 is 2.27 bits per heavy atom. The lowest BCUT2D eigenvalue weighted by atomic mass is 10.2. The molecule has 7 heteroatoms. The van der Waals surface area contributed by atoms with Crippen LogP contribution in [0.4, 0.5) is 0 Å². The van der Waals surface area contributed by atoms with Gasteiger partial charge in [-0.1, -0.05) is 6.42 Å². The molecule has 3 heterocycles. The molecule has 0 saturated carbocycles. The maximum absolute atomic E-state index is 12.8. The van der Waals surface area contributed by atoms with Crippen LogP contribution in [-0.2, 0) is 14.9 Å². The van der Waals surface area contributed by atoms with Crippen molar-refractivity contribution in [2.24, 2.45) is 0 Å². The van der Waals surface area contributed by atoms with E-state index in [2.05, 4.69) is 4.90 Å². The molecule has 3 aliphatic rings. The van der Waals surface area contributed by atoms with Gasteiger partial charge in [0.05, 0.1) is 6.10 Å². The van der Waals surface area contributed by atoms with Crippen molar-refractivity contribution in [1.29, 1.82) is 0 Å². The highest BCUT2D eigenvalue weighted by Crippen LogP contribution is 2.19. The van der Waals surface area contributed by atoms with Gasteiger partial charge in [0, 0.05) is 45.9 Å². The summed E-state index contributed by atoms with van der Waals surface area (Å²) in [7, 11) is -3.25. The summed E-state index contributed by atoms with van der Waals surface area (Å²) in [6.45, 7) is 6.30. The predicted octanol–water partition coefficient (Wildman–Crippen LogP) is 0.904. The quantitative estimate of drug-likeness (QED) is 0.768. The lowest BCUT2D eigenvalue weighted by molar-refractivity contribution is 0.0749. The maximum atomic E-state index is 12.8. The summed E-state index contributed by atoms with van der Waals surface area (Å²) in [5.41, 5.74) is 0. The molecule has 0 bridgehead atoms. The summed E-state index contributed by atoms with van der Waals surface area (Å²) in [4.78, 5) is 2.38. The summed E-state index contributed by atoms with van der Waals surface area (Å²) in [5, 5.41) is 0. The molecule has 6 nitrogen and oxygen atoms in total. The number of hydrogen-bond acceptors (Lipinski definition) is 4. The largest absolute Gasteiger partial charge is 0.377 e. The summed E-state index contributed by atoms with van der Waals surface area (Å²) in [5.74, 6) is 0. The molecule has 1 atom stereocenters. The Hall–Kier alpha value is -0.210. The zero-order chi connectivity index (χ0) is 15.4. The Kier molecular flexibility index (Phi) is 5.73. The fourth-order valence-corrected chi connectivity index (χ4v) is 5.41. The van der Waals surface area contributed by atoms with E-state index in [0.717, 1.165) is 64.8 Å². The molecule has 0 aromatic rings. The normalized spacial score (nSPS) is 30.5. The Morgan fingerprint density at radius 1 is 0.818 bits per heavy atom. The molecule has 3 saturated heterocycles. The van der Waals surface area contributed by atoms with E-state index in [1.807, 2.05) is 0 Å². The van der Waals surface area contributed by atoms with Gasteiger partial charge in [0.2, 0.25) is 0 Å². The first-order valence-corrected chi connectivity index (χ1v) is 10.1. The van der Waals surface area contributed by atoms with E-state index in [0.29, 0.717) is 32.3 Å². The molecule has 0 radical (unpaired) electrons. The van der Waals surface area contributed by atoms with Crippen molar-refractivity contribution in [2.75, 3.05) is 52.4 Å². The van der Waals surface area contributed by atoms with Crippen LogP contribution in [0.3, 0.4) is 0 Å². The van der Waals surface area contributed by atoms with Gasteiger partial charge in [-0.2, -0.15) is 17.0 Å². The number of piperidine rings is 1. The fraction of sp³-hybridized carbons (Fsp3) is 1.00. The van der Waals surface area contributed by atoms with Crippen molar-refractivity contribution >= 4 is 10.2 Å². The van der Waals surface area contributed by atoms with Gasteiger partial charge in [-0.15, -0.1) is 0 Å². The molecule has 3 rings (SSSR count). The minimum atomic E-state index is -3.25. The second-order valence-corrected chi connectivity index (χ2v) is 8.58. The number of ether oxygens (including phenoxy) is 1. The third-order valence-electron chi connectivity index (χ3n) is 5.00. The van der Waals surface area contributed by atoms with E-state index >= 15 is 0 Å². The zero-order valence-corrected chi connectivity index (χ0v) is 14.3. The first-order valence-electron chi connectivity index (χ1n) is 8.75. The molecule has 128 valence electrons. The monoisotopic (exact) mass is 331 g/mol. The molecule has 0 N–H and O–H groups in total. The Balaban J connectivity index is 1.54. The van der Waals surface area contributed by atoms with Crippen molar-refractivity contribution in [3.05, 3.63) is 0 Å². The van der Waals surface area contributed by atoms with Crippen LogP contribution >= 0.6 is 0 Å². The number of hydrogen-bond donors (Lipinski definition) is 0. The number of nitrogens with zero attached hydrogens (tertiary/aromatic N) is 3. The molecule has 3 fully saturated rings. The van der Waals surface area contributed by atoms with Crippen LogP contribution in [-0.4, -0.2) is 80.5 Å². The van der Waals surface area contributed by atoms with Crippen LogP contribution < -0.4 is 0 Å². The van der Waals surface area contributed by atoms with E-state index in [1.54, 1.807) is 8.61 Å². The molecule has 0 amide bonds. The Morgan fingerprint density at radius 2 is 1.55 bits per heavy atom. The lowest BCUT2D eigenvalue weighted by Crippen LogP contribution is -2.47. The van der Waals surface area contributed by atoms with Gasteiger partial charge < -0.3 is 4.74 Å². The van der Waals surface area contributed by atoms with Gasteiger partial charge in [-0.25, -0.2) is 0 Å². The van der Waals surface area contributed by atoms with E-state index in [1.165, 1.54) is 0 Å². The van der Waals surface area contributed by atoms with E-state index in [-0.39, 0.29) is 0 Å². The van der Waals surface area contributed by atoms with Gasteiger partial charge in [0.1, 0.15) is 0 Å². The highest BCUT2D eigenvalue weighted by Gasteiger charge is 2.32. The first kappa shape index (κ1) is 16.6. The van der Waals surface area contributed by atoms with Gasteiger partial charge >= 0.3 is 0 Å². The van der Waals surface area contributed by atoms with Crippen LogP contribution in [0.15, 0.2) is 0 Å².